The van der Waals surface area contributed by atoms with E-state index in [9.17, 15) is 0 Å². The summed E-state index contributed by atoms with van der Waals surface area (Å²) in [6, 6.07) is 0. The van der Waals surface area contributed by atoms with Crippen molar-refractivity contribution in [3.05, 3.63) is 11.3 Å². The first-order chi connectivity index (χ1) is 11.2. The second kappa shape index (κ2) is 7.45. The van der Waals surface area contributed by atoms with Crippen molar-refractivity contribution in [3.8, 4) is 0 Å². The van der Waals surface area contributed by atoms with Crippen LogP contribution in [0.1, 0.15) is 24.1 Å². The minimum absolute atomic E-state index is 0.810. The van der Waals surface area contributed by atoms with E-state index in [1.807, 2.05) is 0 Å². The Hall–Kier alpha value is -1.40. The number of rotatable bonds is 5. The first-order valence-electron chi connectivity index (χ1n) is 8.75. The van der Waals surface area contributed by atoms with Crippen LogP contribution in [0.5, 0.6) is 0 Å². The van der Waals surface area contributed by atoms with Gasteiger partial charge >= 0.3 is 0 Å². The minimum Gasteiger partial charge on any atom is -0.383 e. The molecule has 1 aromatic rings. The van der Waals surface area contributed by atoms with Crippen molar-refractivity contribution in [2.75, 3.05) is 69.3 Å². The van der Waals surface area contributed by atoms with Crippen molar-refractivity contribution in [3.63, 3.8) is 0 Å². The van der Waals surface area contributed by atoms with Crippen LogP contribution < -0.4 is 9.80 Å². The molecule has 2 aliphatic rings. The maximum absolute atomic E-state index is 5.18. The van der Waals surface area contributed by atoms with Gasteiger partial charge in [-0.05, 0) is 26.7 Å². The number of ether oxygens (including phenoxy) is 1. The normalized spacial score (nSPS) is 19.6. The van der Waals surface area contributed by atoms with E-state index in [0.29, 0.717) is 0 Å². The quantitative estimate of drug-likeness (QED) is 0.819. The third-order valence-corrected chi connectivity index (χ3v) is 5.02. The summed E-state index contributed by atoms with van der Waals surface area (Å²) in [5.41, 5.74) is 2.33. The van der Waals surface area contributed by atoms with E-state index in [1.54, 1.807) is 7.11 Å². The maximum atomic E-state index is 5.18. The van der Waals surface area contributed by atoms with E-state index in [2.05, 4.69) is 28.5 Å². The van der Waals surface area contributed by atoms with E-state index >= 15 is 0 Å². The summed E-state index contributed by atoms with van der Waals surface area (Å²) in [7, 11) is 1.77. The zero-order valence-electron chi connectivity index (χ0n) is 14.7. The molecule has 0 spiro atoms. The van der Waals surface area contributed by atoms with E-state index in [1.165, 1.54) is 18.4 Å². The summed E-state index contributed by atoms with van der Waals surface area (Å²) in [5.74, 6) is 2.05. The summed E-state index contributed by atoms with van der Waals surface area (Å²) in [6.07, 6.45) is 2.51. The Morgan fingerprint density at radius 3 is 2.26 bits per heavy atom. The number of aromatic nitrogens is 2. The van der Waals surface area contributed by atoms with Crippen LogP contribution in [0.2, 0.25) is 0 Å². The molecule has 6 nitrogen and oxygen atoms in total. The lowest BCUT2D eigenvalue weighted by Gasteiger charge is -2.36. The van der Waals surface area contributed by atoms with Gasteiger partial charge in [-0.15, -0.1) is 0 Å². The van der Waals surface area contributed by atoms with Gasteiger partial charge < -0.3 is 14.5 Å². The van der Waals surface area contributed by atoms with Crippen LogP contribution in [0, 0.1) is 13.8 Å². The van der Waals surface area contributed by atoms with Crippen LogP contribution in [0.4, 0.5) is 11.8 Å². The number of anilines is 2. The van der Waals surface area contributed by atoms with Crippen molar-refractivity contribution >= 4 is 11.8 Å². The lowest BCUT2D eigenvalue weighted by atomic mass is 10.2. The molecule has 0 bridgehead atoms. The SMILES string of the molecule is COCCN1CCN(c2nc(N3CCCC3)nc(C)c2C)CC1. The monoisotopic (exact) mass is 319 g/mol. The Labute approximate surface area is 139 Å². The van der Waals surface area contributed by atoms with Crippen molar-refractivity contribution in [2.45, 2.75) is 26.7 Å². The Bertz CT molecular complexity index is 522. The Kier molecular flexibility index (Phi) is 5.33. The molecule has 0 unspecified atom stereocenters. The second-order valence-electron chi connectivity index (χ2n) is 6.57. The summed E-state index contributed by atoms with van der Waals surface area (Å²) in [5, 5.41) is 0. The summed E-state index contributed by atoms with van der Waals surface area (Å²) in [6.45, 7) is 12.5. The number of hydrogen-bond donors (Lipinski definition) is 0. The van der Waals surface area contributed by atoms with Crippen molar-refractivity contribution in [1.29, 1.82) is 0 Å². The van der Waals surface area contributed by atoms with Crippen LogP contribution in [0.15, 0.2) is 0 Å². The highest BCUT2D eigenvalue weighted by atomic mass is 16.5. The van der Waals surface area contributed by atoms with Crippen molar-refractivity contribution < 1.29 is 4.74 Å². The van der Waals surface area contributed by atoms with Gasteiger partial charge in [0, 0.05) is 64.2 Å². The van der Waals surface area contributed by atoms with E-state index in [4.69, 9.17) is 14.7 Å². The molecular weight excluding hydrogens is 290 g/mol. The van der Waals surface area contributed by atoms with Crippen molar-refractivity contribution in [2.24, 2.45) is 0 Å². The summed E-state index contributed by atoms with van der Waals surface area (Å²) in [4.78, 5) is 16.9. The average Bonchev–Trinajstić information content (AvgIpc) is 3.10. The number of aryl methyl sites for hydroxylation is 1. The van der Waals surface area contributed by atoms with Gasteiger partial charge in [-0.1, -0.05) is 0 Å². The zero-order chi connectivity index (χ0) is 16.2. The Balaban J connectivity index is 1.72. The largest absolute Gasteiger partial charge is 0.383 e. The van der Waals surface area contributed by atoms with Crippen LogP contribution in [-0.4, -0.2) is 74.4 Å². The van der Waals surface area contributed by atoms with E-state index in [-0.39, 0.29) is 0 Å². The summed E-state index contributed by atoms with van der Waals surface area (Å²) < 4.78 is 5.18. The molecule has 3 heterocycles. The molecule has 6 heteroatoms. The third kappa shape index (κ3) is 3.75. The molecule has 0 saturated carbocycles. The molecule has 0 radical (unpaired) electrons. The molecule has 2 fully saturated rings. The molecule has 0 aromatic carbocycles. The first kappa shape index (κ1) is 16.5. The minimum atomic E-state index is 0.810. The molecule has 128 valence electrons. The number of nitrogens with zero attached hydrogens (tertiary/aromatic N) is 5. The molecule has 3 rings (SSSR count). The molecule has 23 heavy (non-hydrogen) atoms. The predicted octanol–water partition coefficient (Wildman–Crippen LogP) is 1.46. The van der Waals surface area contributed by atoms with Gasteiger partial charge in [0.25, 0.3) is 0 Å². The van der Waals surface area contributed by atoms with Crippen LogP contribution in [-0.2, 0) is 4.74 Å². The lowest BCUT2D eigenvalue weighted by Crippen LogP contribution is -2.48. The van der Waals surface area contributed by atoms with Gasteiger partial charge in [-0.25, -0.2) is 4.98 Å². The molecule has 0 amide bonds. The van der Waals surface area contributed by atoms with Gasteiger partial charge in [0.1, 0.15) is 5.82 Å². The van der Waals surface area contributed by atoms with Gasteiger partial charge in [-0.2, -0.15) is 4.98 Å². The summed E-state index contributed by atoms with van der Waals surface area (Å²) >= 11 is 0. The molecule has 2 aliphatic heterocycles. The first-order valence-corrected chi connectivity index (χ1v) is 8.75. The highest BCUT2D eigenvalue weighted by Crippen LogP contribution is 2.25. The van der Waals surface area contributed by atoms with Gasteiger partial charge in [-0.3, -0.25) is 4.90 Å². The standard InChI is InChI=1S/C17H29N5O/c1-14-15(2)18-17(22-6-4-5-7-22)19-16(14)21-10-8-20(9-11-21)12-13-23-3/h4-13H2,1-3H3. The van der Waals surface area contributed by atoms with Crippen molar-refractivity contribution in [1.82, 2.24) is 14.9 Å². The Morgan fingerprint density at radius 1 is 0.913 bits per heavy atom. The van der Waals surface area contributed by atoms with Gasteiger partial charge in [0.15, 0.2) is 0 Å². The van der Waals surface area contributed by atoms with Crippen LogP contribution in [0.3, 0.4) is 0 Å². The zero-order valence-corrected chi connectivity index (χ0v) is 14.7. The highest BCUT2D eigenvalue weighted by molar-refractivity contribution is 5.53. The molecule has 0 aliphatic carbocycles. The van der Waals surface area contributed by atoms with Gasteiger partial charge in [0.05, 0.1) is 6.61 Å². The van der Waals surface area contributed by atoms with Gasteiger partial charge in [0.2, 0.25) is 5.95 Å². The lowest BCUT2D eigenvalue weighted by molar-refractivity contribution is 0.144. The molecule has 2 saturated heterocycles. The number of methoxy groups -OCH3 is 1. The smallest absolute Gasteiger partial charge is 0.227 e. The van der Waals surface area contributed by atoms with Crippen LogP contribution >= 0.6 is 0 Å². The third-order valence-electron chi connectivity index (χ3n) is 5.02. The van der Waals surface area contributed by atoms with E-state index in [0.717, 1.165) is 69.9 Å². The molecule has 0 atom stereocenters. The fraction of sp³-hybridized carbons (Fsp3) is 0.765. The molecule has 0 N–H and O–H groups in total. The molecule has 1 aromatic heterocycles. The second-order valence-corrected chi connectivity index (χ2v) is 6.57. The Morgan fingerprint density at radius 2 is 1.61 bits per heavy atom. The topological polar surface area (TPSA) is 44.7 Å². The molecular formula is C17H29N5O. The fourth-order valence-electron chi connectivity index (χ4n) is 3.37. The fourth-order valence-corrected chi connectivity index (χ4v) is 3.37. The van der Waals surface area contributed by atoms with Crippen LogP contribution in [0.25, 0.3) is 0 Å². The average molecular weight is 319 g/mol. The number of piperazine rings is 1. The highest BCUT2D eigenvalue weighted by Gasteiger charge is 2.23. The predicted molar refractivity (Wildman–Crippen MR) is 93.5 cm³/mol. The maximum Gasteiger partial charge on any atom is 0.227 e. The van der Waals surface area contributed by atoms with E-state index < -0.39 is 0 Å². The number of hydrogen-bond acceptors (Lipinski definition) is 6.